The molecule has 0 aromatic heterocycles. The van der Waals surface area contributed by atoms with Crippen molar-refractivity contribution >= 4 is 14.4 Å². The van der Waals surface area contributed by atoms with Gasteiger partial charge in [-0.1, -0.05) is 51.1 Å². The molecule has 1 saturated heterocycles. The van der Waals surface area contributed by atoms with Crippen molar-refractivity contribution in [2.24, 2.45) is 0 Å². The van der Waals surface area contributed by atoms with Crippen molar-refractivity contribution in [1.29, 1.82) is 0 Å². The molecular weight excluding hydrogens is 380 g/mol. The molecular formula is C23H40N2O3Si. The molecule has 1 aliphatic heterocycles. The summed E-state index contributed by atoms with van der Waals surface area (Å²) in [6, 6.07) is 10.5. The number of amides is 1. The molecule has 1 unspecified atom stereocenters. The van der Waals surface area contributed by atoms with E-state index in [0.29, 0.717) is 0 Å². The first-order chi connectivity index (χ1) is 13.2. The van der Waals surface area contributed by atoms with Crippen molar-refractivity contribution in [3.8, 4) is 0 Å². The quantitative estimate of drug-likeness (QED) is 0.667. The Balaban J connectivity index is 2.11. The molecule has 0 bridgehead atoms. The lowest BCUT2D eigenvalue weighted by atomic mass is 10.0. The van der Waals surface area contributed by atoms with E-state index < -0.39 is 13.9 Å². The van der Waals surface area contributed by atoms with Crippen molar-refractivity contribution in [3.05, 3.63) is 35.9 Å². The lowest BCUT2D eigenvalue weighted by Gasteiger charge is -2.44. The molecule has 0 spiro atoms. The minimum atomic E-state index is -1.89. The minimum Gasteiger partial charge on any atom is -0.444 e. The first-order valence-electron chi connectivity index (χ1n) is 10.7. The van der Waals surface area contributed by atoms with Crippen LogP contribution in [0.15, 0.2) is 30.3 Å². The van der Waals surface area contributed by atoms with Gasteiger partial charge in [0.25, 0.3) is 0 Å². The first kappa shape index (κ1) is 23.9. The predicted octanol–water partition coefficient (Wildman–Crippen LogP) is 5.18. The topological polar surface area (TPSA) is 50.8 Å². The number of benzene rings is 1. The highest BCUT2D eigenvalue weighted by molar-refractivity contribution is 6.74. The Hall–Kier alpha value is -1.37. The Labute approximate surface area is 178 Å². The number of alkyl carbamates (subject to hydrolysis) is 1. The molecule has 1 aromatic carbocycles. The van der Waals surface area contributed by atoms with E-state index >= 15 is 0 Å². The zero-order valence-corrected chi connectivity index (χ0v) is 20.5. The van der Waals surface area contributed by atoms with E-state index in [0.717, 1.165) is 26.1 Å². The van der Waals surface area contributed by atoms with E-state index in [-0.39, 0.29) is 23.3 Å². The lowest BCUT2D eigenvalue weighted by molar-refractivity contribution is 0.0323. The third-order valence-electron chi connectivity index (χ3n) is 5.73. The molecule has 1 heterocycles. The van der Waals surface area contributed by atoms with Crippen LogP contribution in [0.2, 0.25) is 18.1 Å². The fraction of sp³-hybridized carbons (Fsp3) is 0.696. The van der Waals surface area contributed by atoms with E-state index in [4.69, 9.17) is 9.16 Å². The van der Waals surface area contributed by atoms with Gasteiger partial charge in [0, 0.05) is 25.7 Å². The monoisotopic (exact) mass is 420 g/mol. The van der Waals surface area contributed by atoms with E-state index in [1.165, 1.54) is 5.56 Å². The molecule has 5 nitrogen and oxygen atoms in total. The number of carbonyl (C=O) groups excluding carboxylic acids is 1. The van der Waals surface area contributed by atoms with Crippen LogP contribution in [0.25, 0.3) is 0 Å². The normalized spacial score (nSPS) is 21.7. The van der Waals surface area contributed by atoms with Crippen LogP contribution in [0.1, 0.15) is 53.5 Å². The van der Waals surface area contributed by atoms with Gasteiger partial charge in [-0.2, -0.15) is 0 Å². The maximum absolute atomic E-state index is 12.4. The number of nitrogens with one attached hydrogen (secondary N) is 1. The molecule has 164 valence electrons. The summed E-state index contributed by atoms with van der Waals surface area (Å²) in [5.41, 5.74) is 0.774. The second kappa shape index (κ2) is 9.19. The molecule has 0 saturated carbocycles. The number of rotatable bonds is 5. The standard InChI is InChI=1S/C23H40N2O3Si/c1-22(2,3)27-21(26)24-19-14-20(28-29(7,8)23(4,5)6)17-25(16-19)15-18-12-10-9-11-13-18/h9-13,19-20H,14-17H2,1-8H3,(H,24,26)/t19-,20?/m0/s1. The zero-order chi connectivity index (χ0) is 21.9. The smallest absolute Gasteiger partial charge is 0.407 e. The maximum Gasteiger partial charge on any atom is 0.407 e. The molecule has 1 amide bonds. The molecule has 2 rings (SSSR count). The molecule has 1 fully saturated rings. The summed E-state index contributed by atoms with van der Waals surface area (Å²) in [6.45, 7) is 19.6. The van der Waals surface area contributed by atoms with Crippen molar-refractivity contribution in [2.45, 2.75) is 90.4 Å². The summed E-state index contributed by atoms with van der Waals surface area (Å²) in [5.74, 6) is 0. The van der Waals surface area contributed by atoms with Gasteiger partial charge in [-0.05, 0) is 50.9 Å². The number of hydrogen-bond donors (Lipinski definition) is 1. The van der Waals surface area contributed by atoms with Crippen LogP contribution >= 0.6 is 0 Å². The van der Waals surface area contributed by atoms with Crippen molar-refractivity contribution in [3.63, 3.8) is 0 Å². The molecule has 29 heavy (non-hydrogen) atoms. The molecule has 6 heteroatoms. The van der Waals surface area contributed by atoms with Gasteiger partial charge in [0.1, 0.15) is 5.60 Å². The molecule has 1 N–H and O–H groups in total. The Bertz CT molecular complexity index is 665. The van der Waals surface area contributed by atoms with Gasteiger partial charge in [0.2, 0.25) is 0 Å². The molecule has 2 atom stereocenters. The highest BCUT2D eigenvalue weighted by atomic mass is 28.4. The number of ether oxygens (including phenoxy) is 1. The Morgan fingerprint density at radius 1 is 1.10 bits per heavy atom. The van der Waals surface area contributed by atoms with Gasteiger partial charge in [0.05, 0.1) is 6.10 Å². The highest BCUT2D eigenvalue weighted by Gasteiger charge is 2.41. The second-order valence-corrected chi connectivity index (χ2v) is 15.5. The van der Waals surface area contributed by atoms with E-state index in [1.807, 2.05) is 26.8 Å². The average molecular weight is 421 g/mol. The zero-order valence-electron chi connectivity index (χ0n) is 19.5. The van der Waals surface area contributed by atoms with Crippen LogP contribution in [0.3, 0.4) is 0 Å². The molecule has 0 aliphatic carbocycles. The van der Waals surface area contributed by atoms with Crippen LogP contribution in [0.5, 0.6) is 0 Å². The molecule has 0 radical (unpaired) electrons. The summed E-state index contributed by atoms with van der Waals surface area (Å²) in [6.07, 6.45) is 0.570. The lowest BCUT2D eigenvalue weighted by Crippen LogP contribution is -2.56. The Morgan fingerprint density at radius 2 is 1.72 bits per heavy atom. The van der Waals surface area contributed by atoms with Gasteiger partial charge < -0.3 is 14.5 Å². The number of hydrogen-bond acceptors (Lipinski definition) is 4. The van der Waals surface area contributed by atoms with Crippen LogP contribution in [0, 0.1) is 0 Å². The van der Waals surface area contributed by atoms with Crippen LogP contribution in [-0.2, 0) is 15.7 Å². The molecule has 1 aromatic rings. The van der Waals surface area contributed by atoms with Crippen molar-refractivity contribution in [2.75, 3.05) is 13.1 Å². The van der Waals surface area contributed by atoms with Gasteiger partial charge in [-0.15, -0.1) is 0 Å². The van der Waals surface area contributed by atoms with Gasteiger partial charge in [-0.25, -0.2) is 4.79 Å². The summed E-state index contributed by atoms with van der Waals surface area (Å²) < 4.78 is 12.2. The fourth-order valence-electron chi connectivity index (χ4n) is 3.37. The average Bonchev–Trinajstić information content (AvgIpc) is 2.52. The predicted molar refractivity (Wildman–Crippen MR) is 122 cm³/mol. The largest absolute Gasteiger partial charge is 0.444 e. The number of nitrogens with zero attached hydrogens (tertiary/aromatic N) is 1. The fourth-order valence-corrected chi connectivity index (χ4v) is 4.73. The number of likely N-dealkylation sites (tertiary alicyclic amines) is 1. The van der Waals surface area contributed by atoms with Crippen molar-refractivity contribution in [1.82, 2.24) is 10.2 Å². The van der Waals surface area contributed by atoms with Crippen LogP contribution < -0.4 is 5.32 Å². The summed E-state index contributed by atoms with van der Waals surface area (Å²) in [4.78, 5) is 14.7. The van der Waals surface area contributed by atoms with Crippen LogP contribution in [-0.4, -0.2) is 50.1 Å². The number of carbonyl (C=O) groups is 1. The third kappa shape index (κ3) is 7.76. The maximum atomic E-state index is 12.4. The third-order valence-corrected chi connectivity index (χ3v) is 10.3. The van der Waals surface area contributed by atoms with Gasteiger partial charge in [-0.3, -0.25) is 4.90 Å². The van der Waals surface area contributed by atoms with E-state index in [1.54, 1.807) is 0 Å². The van der Waals surface area contributed by atoms with E-state index in [2.05, 4.69) is 68.3 Å². The molecule has 1 aliphatic rings. The summed E-state index contributed by atoms with van der Waals surface area (Å²) in [5, 5.41) is 3.23. The van der Waals surface area contributed by atoms with E-state index in [9.17, 15) is 4.79 Å². The van der Waals surface area contributed by atoms with Crippen LogP contribution in [0.4, 0.5) is 4.79 Å². The SMILES string of the molecule is CC(C)(C)OC(=O)N[C@H]1CC(O[Si](C)(C)C(C)(C)C)CN(Cc2ccccc2)C1. The Kier molecular flexibility index (Phi) is 7.57. The highest BCUT2D eigenvalue weighted by Crippen LogP contribution is 2.38. The first-order valence-corrected chi connectivity index (χ1v) is 13.6. The summed E-state index contributed by atoms with van der Waals surface area (Å²) >= 11 is 0. The second-order valence-electron chi connectivity index (χ2n) is 10.8. The Morgan fingerprint density at radius 3 is 2.28 bits per heavy atom. The van der Waals surface area contributed by atoms with Gasteiger partial charge in [0.15, 0.2) is 8.32 Å². The van der Waals surface area contributed by atoms with Crippen molar-refractivity contribution < 1.29 is 14.0 Å². The number of piperidine rings is 1. The summed E-state index contributed by atoms with van der Waals surface area (Å²) in [7, 11) is -1.89. The minimum absolute atomic E-state index is 0.0112. The van der Waals surface area contributed by atoms with Gasteiger partial charge >= 0.3 is 6.09 Å².